The van der Waals surface area contributed by atoms with E-state index in [0.717, 1.165) is 22.3 Å². The molecule has 0 aliphatic heterocycles. The number of hydrogen-bond acceptors (Lipinski definition) is 5. The van der Waals surface area contributed by atoms with E-state index in [4.69, 9.17) is 5.73 Å². The molecule has 2 heterocycles. The fraction of sp³-hybridized carbons (Fsp3) is 0.200. The van der Waals surface area contributed by atoms with Crippen molar-refractivity contribution in [1.82, 2.24) is 9.97 Å². The second-order valence-corrected chi connectivity index (χ2v) is 4.15. The van der Waals surface area contributed by atoms with Gasteiger partial charge in [-0.15, -0.1) is 11.3 Å². The Bertz CT molecular complexity index is 478. The quantitative estimate of drug-likeness (QED) is 0.816. The highest BCUT2D eigenvalue weighted by Gasteiger charge is 2.01. The molecule has 78 valence electrons. The molecule has 0 spiro atoms. The Morgan fingerprint density at radius 3 is 2.67 bits per heavy atom. The SMILES string of the molecule is Cc1csc(Nc2ccc(N)c(C)n2)n1. The van der Waals surface area contributed by atoms with Gasteiger partial charge in [-0.3, -0.25) is 0 Å². The summed E-state index contributed by atoms with van der Waals surface area (Å²) in [6, 6.07) is 3.68. The largest absolute Gasteiger partial charge is 0.397 e. The van der Waals surface area contributed by atoms with Crippen LogP contribution in [0.2, 0.25) is 0 Å². The lowest BCUT2D eigenvalue weighted by atomic mass is 10.3. The molecular weight excluding hydrogens is 208 g/mol. The van der Waals surface area contributed by atoms with Gasteiger partial charge in [-0.05, 0) is 26.0 Å². The fourth-order valence-corrected chi connectivity index (χ4v) is 1.86. The maximum Gasteiger partial charge on any atom is 0.188 e. The summed E-state index contributed by atoms with van der Waals surface area (Å²) in [5, 5.41) is 5.98. The van der Waals surface area contributed by atoms with Crippen molar-refractivity contribution in [3.63, 3.8) is 0 Å². The van der Waals surface area contributed by atoms with Gasteiger partial charge in [0.25, 0.3) is 0 Å². The third-order valence-electron chi connectivity index (χ3n) is 1.98. The second kappa shape index (κ2) is 3.86. The summed E-state index contributed by atoms with van der Waals surface area (Å²) >= 11 is 1.56. The molecule has 2 aromatic rings. The Morgan fingerprint density at radius 1 is 1.27 bits per heavy atom. The van der Waals surface area contributed by atoms with Crippen molar-refractivity contribution in [2.75, 3.05) is 11.1 Å². The van der Waals surface area contributed by atoms with E-state index in [1.807, 2.05) is 31.4 Å². The standard InChI is InChI=1S/C10H12N4S/c1-6-5-15-10(12-6)14-9-4-3-8(11)7(2)13-9/h3-5H,11H2,1-2H3,(H,12,13,14). The van der Waals surface area contributed by atoms with Crippen molar-refractivity contribution < 1.29 is 0 Å². The first kappa shape index (κ1) is 9.92. The Labute approximate surface area is 92.2 Å². The summed E-state index contributed by atoms with van der Waals surface area (Å²) < 4.78 is 0. The summed E-state index contributed by atoms with van der Waals surface area (Å²) in [5.41, 5.74) is 8.22. The highest BCUT2D eigenvalue weighted by molar-refractivity contribution is 7.13. The Hall–Kier alpha value is -1.62. The predicted octanol–water partition coefficient (Wildman–Crippen LogP) is 2.48. The molecule has 2 aromatic heterocycles. The van der Waals surface area contributed by atoms with E-state index in [1.165, 1.54) is 0 Å². The number of thiazole rings is 1. The highest BCUT2D eigenvalue weighted by Crippen LogP contribution is 2.20. The first-order valence-corrected chi connectivity index (χ1v) is 5.45. The van der Waals surface area contributed by atoms with Crippen LogP contribution >= 0.6 is 11.3 Å². The molecular formula is C10H12N4S. The third kappa shape index (κ3) is 2.24. The van der Waals surface area contributed by atoms with Crippen LogP contribution in [-0.2, 0) is 0 Å². The van der Waals surface area contributed by atoms with E-state index >= 15 is 0 Å². The summed E-state index contributed by atoms with van der Waals surface area (Å²) in [6.45, 7) is 3.84. The Kier molecular flexibility index (Phi) is 2.55. The number of hydrogen-bond donors (Lipinski definition) is 2. The van der Waals surface area contributed by atoms with Crippen molar-refractivity contribution in [2.45, 2.75) is 13.8 Å². The lowest BCUT2D eigenvalue weighted by Crippen LogP contribution is -1.97. The van der Waals surface area contributed by atoms with E-state index in [9.17, 15) is 0 Å². The summed E-state index contributed by atoms with van der Waals surface area (Å²) in [5.74, 6) is 0.774. The molecule has 0 amide bonds. The van der Waals surface area contributed by atoms with Gasteiger partial charge in [-0.2, -0.15) is 0 Å². The first-order chi connectivity index (χ1) is 7.15. The minimum absolute atomic E-state index is 0.705. The molecule has 0 aromatic carbocycles. The zero-order valence-corrected chi connectivity index (χ0v) is 9.43. The molecule has 5 heteroatoms. The minimum Gasteiger partial charge on any atom is -0.397 e. The van der Waals surface area contributed by atoms with Crippen LogP contribution < -0.4 is 11.1 Å². The van der Waals surface area contributed by atoms with E-state index in [-0.39, 0.29) is 0 Å². The minimum atomic E-state index is 0.705. The highest BCUT2D eigenvalue weighted by atomic mass is 32.1. The molecule has 4 nitrogen and oxygen atoms in total. The third-order valence-corrected chi connectivity index (χ3v) is 2.86. The Morgan fingerprint density at radius 2 is 2.07 bits per heavy atom. The maximum atomic E-state index is 5.68. The van der Waals surface area contributed by atoms with E-state index in [1.54, 1.807) is 11.3 Å². The second-order valence-electron chi connectivity index (χ2n) is 3.29. The number of nitrogens with one attached hydrogen (secondary N) is 1. The maximum absolute atomic E-state index is 5.68. The van der Waals surface area contributed by atoms with Gasteiger partial charge in [0.1, 0.15) is 5.82 Å². The van der Waals surface area contributed by atoms with Gasteiger partial charge >= 0.3 is 0 Å². The molecule has 2 rings (SSSR count). The molecule has 0 aliphatic rings. The number of pyridine rings is 1. The number of rotatable bonds is 2. The summed E-state index contributed by atoms with van der Waals surface area (Å²) in [6.07, 6.45) is 0. The van der Waals surface area contributed by atoms with E-state index < -0.39 is 0 Å². The average molecular weight is 220 g/mol. The van der Waals surface area contributed by atoms with Gasteiger partial charge in [-0.25, -0.2) is 9.97 Å². The summed E-state index contributed by atoms with van der Waals surface area (Å²) in [7, 11) is 0. The van der Waals surface area contributed by atoms with Crippen LogP contribution in [0.5, 0.6) is 0 Å². The monoisotopic (exact) mass is 220 g/mol. The zero-order valence-electron chi connectivity index (χ0n) is 8.61. The molecule has 0 atom stereocenters. The topological polar surface area (TPSA) is 63.8 Å². The van der Waals surface area contributed by atoms with Crippen molar-refractivity contribution in [1.29, 1.82) is 0 Å². The normalized spacial score (nSPS) is 10.3. The van der Waals surface area contributed by atoms with Crippen molar-refractivity contribution in [3.05, 3.63) is 28.9 Å². The van der Waals surface area contributed by atoms with Gasteiger partial charge in [0.05, 0.1) is 17.1 Å². The number of anilines is 3. The number of aromatic nitrogens is 2. The molecule has 0 bridgehead atoms. The predicted molar refractivity (Wildman–Crippen MR) is 63.5 cm³/mol. The lowest BCUT2D eigenvalue weighted by molar-refractivity contribution is 1.19. The number of nitrogens with two attached hydrogens (primary N) is 1. The van der Waals surface area contributed by atoms with Crippen LogP contribution in [0.4, 0.5) is 16.6 Å². The molecule has 0 saturated carbocycles. The molecule has 0 radical (unpaired) electrons. The molecule has 0 aliphatic carbocycles. The molecule has 0 saturated heterocycles. The number of nitrogen functional groups attached to an aromatic ring is 1. The van der Waals surface area contributed by atoms with Gasteiger partial charge in [-0.1, -0.05) is 0 Å². The number of aryl methyl sites for hydroxylation is 2. The Balaban J connectivity index is 2.21. The van der Waals surface area contributed by atoms with E-state index in [2.05, 4.69) is 15.3 Å². The fourth-order valence-electron chi connectivity index (χ4n) is 1.16. The molecule has 0 fully saturated rings. The van der Waals surface area contributed by atoms with Gasteiger partial charge in [0.15, 0.2) is 5.13 Å². The van der Waals surface area contributed by atoms with Crippen LogP contribution in [0.1, 0.15) is 11.4 Å². The lowest BCUT2D eigenvalue weighted by Gasteiger charge is -2.04. The molecule has 0 unspecified atom stereocenters. The van der Waals surface area contributed by atoms with Crippen LogP contribution in [0.3, 0.4) is 0 Å². The average Bonchev–Trinajstić information content (AvgIpc) is 2.58. The van der Waals surface area contributed by atoms with Crippen molar-refractivity contribution in [3.8, 4) is 0 Å². The first-order valence-electron chi connectivity index (χ1n) is 4.57. The van der Waals surface area contributed by atoms with Crippen molar-refractivity contribution >= 4 is 28.0 Å². The van der Waals surface area contributed by atoms with Crippen LogP contribution in [-0.4, -0.2) is 9.97 Å². The smallest absolute Gasteiger partial charge is 0.188 e. The summed E-state index contributed by atoms with van der Waals surface area (Å²) in [4.78, 5) is 8.60. The molecule has 3 N–H and O–H groups in total. The van der Waals surface area contributed by atoms with Gasteiger partial charge in [0.2, 0.25) is 0 Å². The van der Waals surface area contributed by atoms with Gasteiger partial charge < -0.3 is 11.1 Å². The molecule has 15 heavy (non-hydrogen) atoms. The number of nitrogens with zero attached hydrogens (tertiary/aromatic N) is 2. The zero-order chi connectivity index (χ0) is 10.8. The van der Waals surface area contributed by atoms with Crippen LogP contribution in [0, 0.1) is 13.8 Å². The van der Waals surface area contributed by atoms with Gasteiger partial charge in [0, 0.05) is 5.38 Å². The van der Waals surface area contributed by atoms with Crippen LogP contribution in [0.15, 0.2) is 17.5 Å². The van der Waals surface area contributed by atoms with E-state index in [0.29, 0.717) is 5.69 Å². The van der Waals surface area contributed by atoms with Crippen LogP contribution in [0.25, 0.3) is 0 Å². The van der Waals surface area contributed by atoms with Crippen molar-refractivity contribution in [2.24, 2.45) is 0 Å².